The van der Waals surface area contributed by atoms with E-state index in [1.807, 2.05) is 0 Å². The van der Waals surface area contributed by atoms with Gasteiger partial charge in [-0.1, -0.05) is 13.3 Å². The molecule has 15 heavy (non-hydrogen) atoms. The van der Waals surface area contributed by atoms with Crippen molar-refractivity contribution >= 4 is 0 Å². The van der Waals surface area contributed by atoms with Crippen molar-refractivity contribution < 1.29 is 5.11 Å². The molecule has 0 saturated heterocycles. The van der Waals surface area contributed by atoms with Gasteiger partial charge in [0.15, 0.2) is 0 Å². The third-order valence-corrected chi connectivity index (χ3v) is 4.24. The Morgan fingerprint density at radius 2 is 2.00 bits per heavy atom. The van der Waals surface area contributed by atoms with Gasteiger partial charge in [-0.05, 0) is 38.6 Å². The predicted octanol–water partition coefficient (Wildman–Crippen LogP) is 1.21. The minimum Gasteiger partial charge on any atom is -0.395 e. The van der Waals surface area contributed by atoms with Gasteiger partial charge >= 0.3 is 0 Å². The number of nitrogens with zero attached hydrogens (tertiary/aromatic N) is 1. The fraction of sp³-hybridized carbons (Fsp3) is 1.00. The van der Waals surface area contributed by atoms with E-state index in [2.05, 4.69) is 18.9 Å². The van der Waals surface area contributed by atoms with E-state index in [0.717, 1.165) is 19.0 Å². The minimum absolute atomic E-state index is 0.161. The highest BCUT2D eigenvalue weighted by Gasteiger charge is 2.36. The molecule has 3 nitrogen and oxygen atoms in total. The zero-order valence-corrected chi connectivity index (χ0v) is 10.2. The Bertz CT molecular complexity index is 176. The maximum absolute atomic E-state index is 8.99. The van der Waals surface area contributed by atoms with Crippen molar-refractivity contribution in [2.45, 2.75) is 44.6 Å². The number of nitrogens with two attached hydrogens (primary N) is 1. The molecule has 0 amide bonds. The van der Waals surface area contributed by atoms with Gasteiger partial charge in [0.1, 0.15) is 0 Å². The van der Waals surface area contributed by atoms with Crippen molar-refractivity contribution in [3.05, 3.63) is 0 Å². The lowest BCUT2D eigenvalue weighted by Gasteiger charge is -2.45. The summed E-state index contributed by atoms with van der Waals surface area (Å²) in [6.07, 6.45) is 6.27. The van der Waals surface area contributed by atoms with Gasteiger partial charge in [-0.2, -0.15) is 0 Å². The molecule has 1 rings (SSSR count). The Morgan fingerprint density at radius 1 is 1.40 bits per heavy atom. The van der Waals surface area contributed by atoms with E-state index in [9.17, 15) is 0 Å². The monoisotopic (exact) mass is 214 g/mol. The smallest absolute Gasteiger partial charge is 0.0558 e. The number of aliphatic hydroxyl groups is 1. The van der Waals surface area contributed by atoms with Gasteiger partial charge < -0.3 is 10.8 Å². The molecule has 0 spiro atoms. The van der Waals surface area contributed by atoms with Gasteiger partial charge in [-0.15, -0.1) is 0 Å². The molecule has 0 aromatic carbocycles. The SMILES string of the molecule is CCC1CCC(CN)(N(C)CCO)CC1. The second kappa shape index (κ2) is 5.83. The van der Waals surface area contributed by atoms with Gasteiger partial charge in [0.2, 0.25) is 0 Å². The van der Waals surface area contributed by atoms with Crippen molar-refractivity contribution in [2.24, 2.45) is 11.7 Å². The van der Waals surface area contributed by atoms with Gasteiger partial charge in [-0.3, -0.25) is 4.90 Å². The third kappa shape index (κ3) is 2.92. The van der Waals surface area contributed by atoms with Crippen LogP contribution in [0.25, 0.3) is 0 Å². The van der Waals surface area contributed by atoms with E-state index in [4.69, 9.17) is 10.8 Å². The molecule has 1 aliphatic rings. The van der Waals surface area contributed by atoms with Gasteiger partial charge in [0.25, 0.3) is 0 Å². The Kier molecular flexibility index (Phi) is 5.03. The van der Waals surface area contributed by atoms with Crippen LogP contribution in [0.4, 0.5) is 0 Å². The fourth-order valence-corrected chi connectivity index (χ4v) is 2.75. The average molecular weight is 214 g/mol. The molecule has 1 fully saturated rings. The first-order valence-electron chi connectivity index (χ1n) is 6.20. The highest BCUT2D eigenvalue weighted by atomic mass is 16.3. The van der Waals surface area contributed by atoms with Gasteiger partial charge in [0, 0.05) is 18.6 Å². The highest BCUT2D eigenvalue weighted by Crippen LogP contribution is 2.36. The van der Waals surface area contributed by atoms with Crippen LogP contribution in [0.15, 0.2) is 0 Å². The lowest BCUT2D eigenvalue weighted by atomic mass is 9.75. The van der Waals surface area contributed by atoms with E-state index in [1.54, 1.807) is 0 Å². The molecule has 0 aromatic heterocycles. The Morgan fingerprint density at radius 3 is 2.40 bits per heavy atom. The summed E-state index contributed by atoms with van der Waals surface area (Å²) < 4.78 is 0. The zero-order chi connectivity index (χ0) is 11.3. The number of likely N-dealkylation sites (N-methyl/N-ethyl adjacent to an activating group) is 1. The summed E-state index contributed by atoms with van der Waals surface area (Å²) in [4.78, 5) is 2.26. The minimum atomic E-state index is 0.161. The molecule has 3 N–H and O–H groups in total. The maximum atomic E-state index is 8.99. The number of aliphatic hydroxyl groups excluding tert-OH is 1. The van der Waals surface area contributed by atoms with Crippen molar-refractivity contribution in [1.29, 1.82) is 0 Å². The first kappa shape index (κ1) is 12.9. The van der Waals surface area contributed by atoms with Crippen LogP contribution >= 0.6 is 0 Å². The van der Waals surface area contributed by atoms with E-state index in [0.29, 0.717) is 0 Å². The second-order valence-electron chi connectivity index (χ2n) is 4.93. The summed E-state index contributed by atoms with van der Waals surface area (Å²) in [6, 6.07) is 0. The maximum Gasteiger partial charge on any atom is 0.0558 e. The van der Waals surface area contributed by atoms with Crippen LogP contribution in [-0.4, -0.2) is 42.3 Å². The summed E-state index contributed by atoms with van der Waals surface area (Å²) in [6.45, 7) is 3.97. The van der Waals surface area contributed by atoms with Crippen LogP contribution < -0.4 is 5.73 Å². The molecule has 1 aliphatic carbocycles. The van der Waals surface area contributed by atoms with Crippen molar-refractivity contribution in [1.82, 2.24) is 4.90 Å². The lowest BCUT2D eigenvalue weighted by molar-refractivity contribution is 0.0503. The molecule has 0 heterocycles. The molecular weight excluding hydrogens is 188 g/mol. The summed E-state index contributed by atoms with van der Waals surface area (Å²) in [5.74, 6) is 0.896. The molecule has 0 atom stereocenters. The van der Waals surface area contributed by atoms with Gasteiger partial charge in [0.05, 0.1) is 6.61 Å². The molecule has 0 bridgehead atoms. The largest absolute Gasteiger partial charge is 0.395 e. The number of hydrogen-bond donors (Lipinski definition) is 2. The Balaban J connectivity index is 2.55. The quantitative estimate of drug-likeness (QED) is 0.723. The molecular formula is C12H26N2O. The number of β-amino-alcohol motifs (C(OH)–C–C–N with tert-alkyl or cyclic N) is 1. The average Bonchev–Trinajstić information content (AvgIpc) is 2.29. The molecule has 0 aromatic rings. The summed E-state index contributed by atoms with van der Waals surface area (Å²) in [7, 11) is 2.09. The first-order valence-corrected chi connectivity index (χ1v) is 6.20. The highest BCUT2D eigenvalue weighted by molar-refractivity contribution is 4.94. The molecule has 3 heteroatoms. The van der Waals surface area contributed by atoms with Crippen LogP contribution in [0.1, 0.15) is 39.0 Å². The van der Waals surface area contributed by atoms with Crippen LogP contribution in [0.2, 0.25) is 0 Å². The molecule has 0 radical (unpaired) electrons. The van der Waals surface area contributed by atoms with E-state index < -0.39 is 0 Å². The Hall–Kier alpha value is -0.120. The second-order valence-corrected chi connectivity index (χ2v) is 4.93. The van der Waals surface area contributed by atoms with Crippen LogP contribution in [0.5, 0.6) is 0 Å². The third-order valence-electron chi connectivity index (χ3n) is 4.24. The fourth-order valence-electron chi connectivity index (χ4n) is 2.75. The Labute approximate surface area is 93.6 Å². The molecule has 90 valence electrons. The van der Waals surface area contributed by atoms with Gasteiger partial charge in [-0.25, -0.2) is 0 Å². The standard InChI is InChI=1S/C12H26N2O/c1-3-11-4-6-12(10-13,7-5-11)14(2)8-9-15/h11,15H,3-10,13H2,1-2H3. The molecule has 0 unspecified atom stereocenters. The van der Waals surface area contributed by atoms with Crippen LogP contribution in [0, 0.1) is 5.92 Å². The summed E-state index contributed by atoms with van der Waals surface area (Å²) >= 11 is 0. The molecule has 1 saturated carbocycles. The van der Waals surface area contributed by atoms with E-state index in [-0.39, 0.29) is 12.1 Å². The first-order chi connectivity index (χ1) is 7.18. The number of rotatable bonds is 5. The van der Waals surface area contributed by atoms with E-state index in [1.165, 1.54) is 32.1 Å². The normalized spacial score (nSPS) is 32.2. The topological polar surface area (TPSA) is 49.5 Å². The zero-order valence-electron chi connectivity index (χ0n) is 10.2. The van der Waals surface area contributed by atoms with Crippen molar-refractivity contribution in [3.63, 3.8) is 0 Å². The van der Waals surface area contributed by atoms with Crippen molar-refractivity contribution in [3.8, 4) is 0 Å². The molecule has 0 aliphatic heterocycles. The number of hydrogen-bond acceptors (Lipinski definition) is 3. The van der Waals surface area contributed by atoms with E-state index >= 15 is 0 Å². The predicted molar refractivity (Wildman–Crippen MR) is 63.8 cm³/mol. The van der Waals surface area contributed by atoms with Crippen LogP contribution in [-0.2, 0) is 0 Å². The lowest BCUT2D eigenvalue weighted by Crippen LogP contribution is -2.54. The van der Waals surface area contributed by atoms with Crippen LogP contribution in [0.3, 0.4) is 0 Å². The van der Waals surface area contributed by atoms with Crippen molar-refractivity contribution in [2.75, 3.05) is 26.7 Å². The summed E-state index contributed by atoms with van der Waals surface area (Å²) in [5, 5.41) is 8.99. The summed E-state index contributed by atoms with van der Waals surface area (Å²) in [5.41, 5.74) is 6.09.